The van der Waals surface area contributed by atoms with E-state index in [0.29, 0.717) is 44.4 Å². The third-order valence-corrected chi connectivity index (χ3v) is 5.69. The molecule has 0 amide bonds. The molecule has 0 N–H and O–H groups in total. The van der Waals surface area contributed by atoms with Crippen LogP contribution in [-0.4, -0.2) is 60.5 Å². The van der Waals surface area contributed by atoms with E-state index in [2.05, 4.69) is 25.9 Å². The van der Waals surface area contributed by atoms with Crippen LogP contribution in [0, 0.1) is 0 Å². The van der Waals surface area contributed by atoms with Crippen molar-refractivity contribution < 1.29 is 8.42 Å². The lowest BCUT2D eigenvalue weighted by Gasteiger charge is -2.33. The summed E-state index contributed by atoms with van der Waals surface area (Å²) in [4.78, 5) is 10.4. The molecule has 0 unspecified atom stereocenters. The largest absolute Gasteiger partial charge is 0.338 e. The lowest BCUT2D eigenvalue weighted by atomic mass is 10.4. The Morgan fingerprint density at radius 2 is 1.80 bits per heavy atom. The molecule has 0 aromatic carbocycles. The number of halogens is 2. The van der Waals surface area contributed by atoms with Gasteiger partial charge in [0.05, 0.1) is 10.2 Å². The van der Waals surface area contributed by atoms with Crippen molar-refractivity contribution in [1.29, 1.82) is 0 Å². The van der Waals surface area contributed by atoms with Gasteiger partial charge in [0.15, 0.2) is 0 Å². The van der Waals surface area contributed by atoms with Gasteiger partial charge >= 0.3 is 0 Å². The summed E-state index contributed by atoms with van der Waals surface area (Å²) < 4.78 is 26.4. The Labute approximate surface area is 132 Å². The molecule has 0 atom stereocenters. The molecule has 0 aliphatic carbocycles. The highest BCUT2D eigenvalue weighted by Gasteiger charge is 2.27. The SMILES string of the molecule is O=S(=O)(CCCCl)N1CCN(c2ncc(Br)cn2)CC1. The normalized spacial score (nSPS) is 17.4. The number of rotatable bonds is 5. The summed E-state index contributed by atoms with van der Waals surface area (Å²) >= 11 is 8.84. The van der Waals surface area contributed by atoms with Crippen LogP contribution in [0.3, 0.4) is 0 Å². The van der Waals surface area contributed by atoms with Gasteiger partial charge in [0.2, 0.25) is 16.0 Å². The van der Waals surface area contributed by atoms with Gasteiger partial charge < -0.3 is 4.90 Å². The highest BCUT2D eigenvalue weighted by atomic mass is 79.9. The molecule has 9 heteroatoms. The van der Waals surface area contributed by atoms with E-state index in [4.69, 9.17) is 11.6 Å². The van der Waals surface area contributed by atoms with E-state index < -0.39 is 10.0 Å². The van der Waals surface area contributed by atoms with Crippen molar-refractivity contribution in [1.82, 2.24) is 14.3 Å². The maximum Gasteiger partial charge on any atom is 0.225 e. The van der Waals surface area contributed by atoms with Gasteiger partial charge in [-0.05, 0) is 22.4 Å². The summed E-state index contributed by atoms with van der Waals surface area (Å²) in [5.74, 6) is 1.11. The number of aromatic nitrogens is 2. The zero-order valence-corrected chi connectivity index (χ0v) is 14.0. The fourth-order valence-electron chi connectivity index (χ4n) is 2.00. The summed E-state index contributed by atoms with van der Waals surface area (Å²) in [5.41, 5.74) is 0. The van der Waals surface area contributed by atoms with Gasteiger partial charge in [-0.2, -0.15) is 4.31 Å². The average Bonchev–Trinajstić information content (AvgIpc) is 2.46. The van der Waals surface area contributed by atoms with Crippen molar-refractivity contribution in [2.75, 3.05) is 42.7 Å². The molecule has 0 radical (unpaired) electrons. The molecule has 1 aromatic heterocycles. The first-order chi connectivity index (χ1) is 9.53. The van der Waals surface area contributed by atoms with Crippen LogP contribution in [0.5, 0.6) is 0 Å². The Bertz CT molecular complexity index is 532. The summed E-state index contributed by atoms with van der Waals surface area (Å²) in [6.45, 7) is 2.12. The average molecular weight is 384 g/mol. The van der Waals surface area contributed by atoms with E-state index in [1.807, 2.05) is 4.90 Å². The van der Waals surface area contributed by atoms with Gasteiger partial charge in [-0.15, -0.1) is 11.6 Å². The predicted molar refractivity (Wildman–Crippen MR) is 82.6 cm³/mol. The van der Waals surface area contributed by atoms with Crippen molar-refractivity contribution in [3.63, 3.8) is 0 Å². The summed E-state index contributed by atoms with van der Waals surface area (Å²) in [6, 6.07) is 0. The van der Waals surface area contributed by atoms with Gasteiger partial charge in [0.25, 0.3) is 0 Å². The number of anilines is 1. The number of hydrogen-bond donors (Lipinski definition) is 0. The third-order valence-electron chi connectivity index (χ3n) is 3.06. The van der Waals surface area contributed by atoms with Crippen LogP contribution < -0.4 is 4.90 Å². The first-order valence-electron chi connectivity index (χ1n) is 6.29. The molecule has 0 spiro atoms. The van der Waals surface area contributed by atoms with Crippen molar-refractivity contribution in [2.45, 2.75) is 6.42 Å². The molecule has 20 heavy (non-hydrogen) atoms. The smallest absolute Gasteiger partial charge is 0.225 e. The van der Waals surface area contributed by atoms with Crippen LogP contribution in [0.15, 0.2) is 16.9 Å². The molecule has 0 bridgehead atoms. The minimum atomic E-state index is -3.18. The Hall–Kier alpha value is -0.440. The fourth-order valence-corrected chi connectivity index (χ4v) is 3.98. The monoisotopic (exact) mass is 382 g/mol. The molecule has 1 aliphatic rings. The van der Waals surface area contributed by atoms with E-state index in [1.165, 1.54) is 4.31 Å². The van der Waals surface area contributed by atoms with Crippen molar-refractivity contribution in [3.8, 4) is 0 Å². The van der Waals surface area contributed by atoms with Gasteiger partial charge in [0, 0.05) is 44.5 Å². The fraction of sp³-hybridized carbons (Fsp3) is 0.636. The minimum Gasteiger partial charge on any atom is -0.338 e. The van der Waals surface area contributed by atoms with Crippen LogP contribution in [0.2, 0.25) is 0 Å². The molecule has 112 valence electrons. The van der Waals surface area contributed by atoms with Crippen LogP contribution in [0.4, 0.5) is 5.95 Å². The number of sulfonamides is 1. The highest BCUT2D eigenvalue weighted by molar-refractivity contribution is 9.10. The Morgan fingerprint density at radius 3 is 2.35 bits per heavy atom. The second kappa shape index (κ2) is 7.02. The molecule has 1 fully saturated rings. The predicted octanol–water partition coefficient (Wildman–Crippen LogP) is 1.32. The summed E-state index contributed by atoms with van der Waals surface area (Å²) in [5, 5.41) is 0. The van der Waals surface area contributed by atoms with Crippen molar-refractivity contribution >= 4 is 43.5 Å². The quantitative estimate of drug-likeness (QED) is 0.718. The lowest BCUT2D eigenvalue weighted by molar-refractivity contribution is 0.382. The molecule has 1 aromatic rings. The second-order valence-corrected chi connectivity index (χ2v) is 7.83. The molecule has 1 aliphatic heterocycles. The van der Waals surface area contributed by atoms with Crippen molar-refractivity contribution in [2.24, 2.45) is 0 Å². The first kappa shape index (κ1) is 15.9. The van der Waals surface area contributed by atoms with E-state index in [1.54, 1.807) is 12.4 Å². The minimum absolute atomic E-state index is 0.116. The first-order valence-corrected chi connectivity index (χ1v) is 9.23. The molecular formula is C11H16BrClN4O2S. The molecule has 2 heterocycles. The van der Waals surface area contributed by atoms with E-state index in [-0.39, 0.29) is 5.75 Å². The zero-order chi connectivity index (χ0) is 14.6. The van der Waals surface area contributed by atoms with Crippen LogP contribution >= 0.6 is 27.5 Å². The van der Waals surface area contributed by atoms with Gasteiger partial charge in [-0.1, -0.05) is 0 Å². The highest BCUT2D eigenvalue weighted by Crippen LogP contribution is 2.15. The van der Waals surface area contributed by atoms with E-state index in [0.717, 1.165) is 4.47 Å². The maximum absolute atomic E-state index is 12.0. The van der Waals surface area contributed by atoms with Crippen molar-refractivity contribution in [3.05, 3.63) is 16.9 Å². The Kier molecular flexibility index (Phi) is 5.59. The summed E-state index contributed by atoms with van der Waals surface area (Å²) in [7, 11) is -3.18. The Morgan fingerprint density at radius 1 is 1.20 bits per heavy atom. The Balaban J connectivity index is 1.93. The van der Waals surface area contributed by atoms with Crippen LogP contribution in [0.25, 0.3) is 0 Å². The summed E-state index contributed by atoms with van der Waals surface area (Å²) in [6.07, 6.45) is 3.86. The lowest BCUT2D eigenvalue weighted by Crippen LogP contribution is -2.49. The number of alkyl halides is 1. The van der Waals surface area contributed by atoms with E-state index >= 15 is 0 Å². The van der Waals surface area contributed by atoms with Gasteiger partial charge in [0.1, 0.15) is 0 Å². The van der Waals surface area contributed by atoms with E-state index in [9.17, 15) is 8.42 Å². The molecule has 6 nitrogen and oxygen atoms in total. The molecule has 1 saturated heterocycles. The maximum atomic E-state index is 12.0. The standard InChI is InChI=1S/C11H16BrClN4O2S/c12-10-8-14-11(15-9-10)16-3-5-17(6-4-16)20(18,19)7-1-2-13/h8-9H,1-7H2. The van der Waals surface area contributed by atoms with Gasteiger partial charge in [-0.25, -0.2) is 18.4 Å². The number of piperazine rings is 1. The zero-order valence-electron chi connectivity index (χ0n) is 10.9. The van der Waals surface area contributed by atoms with Gasteiger partial charge in [-0.3, -0.25) is 0 Å². The third kappa shape index (κ3) is 4.03. The number of nitrogens with zero attached hydrogens (tertiary/aromatic N) is 4. The number of hydrogen-bond acceptors (Lipinski definition) is 5. The molecule has 2 rings (SSSR count). The van der Waals surface area contributed by atoms with Crippen LogP contribution in [-0.2, 0) is 10.0 Å². The molecule has 0 saturated carbocycles. The topological polar surface area (TPSA) is 66.4 Å². The van der Waals surface area contributed by atoms with Crippen LogP contribution in [0.1, 0.15) is 6.42 Å². The molecular weight excluding hydrogens is 368 g/mol. The second-order valence-electron chi connectivity index (χ2n) is 4.45.